The molecule has 2 heterocycles. The zero-order chi connectivity index (χ0) is 7.68. The molecule has 0 aromatic carbocycles. The molecule has 2 rings (SSSR count). The number of allylic oxidation sites excluding steroid dienone is 1. The Hall–Kier alpha value is -1.31. The number of rotatable bonds is 0. The van der Waals surface area contributed by atoms with Crippen LogP contribution in [-0.4, -0.2) is 12.0 Å². The van der Waals surface area contributed by atoms with E-state index in [9.17, 15) is 0 Å². The molecule has 0 unspecified atom stereocenters. The molecule has 1 aromatic heterocycles. The van der Waals surface area contributed by atoms with Crippen molar-refractivity contribution < 1.29 is 0 Å². The van der Waals surface area contributed by atoms with Crippen molar-refractivity contribution in [3.05, 3.63) is 36.3 Å². The molecule has 0 amide bonds. The molecule has 2 heteroatoms. The van der Waals surface area contributed by atoms with E-state index in [2.05, 4.69) is 28.2 Å². The average Bonchev–Trinajstić information content (AvgIpc) is 2.06. The number of pyridine rings is 1. The SMILES string of the molecule is CN1C=CCc2ncccc21. The summed E-state index contributed by atoms with van der Waals surface area (Å²) in [5.41, 5.74) is 2.38. The van der Waals surface area contributed by atoms with Gasteiger partial charge < -0.3 is 4.90 Å². The highest BCUT2D eigenvalue weighted by molar-refractivity contribution is 5.54. The maximum atomic E-state index is 4.28. The molecule has 0 spiro atoms. The monoisotopic (exact) mass is 146 g/mol. The summed E-state index contributed by atoms with van der Waals surface area (Å²) in [6.07, 6.45) is 6.99. The largest absolute Gasteiger partial charge is 0.350 e. The lowest BCUT2D eigenvalue weighted by atomic mass is 10.2. The maximum Gasteiger partial charge on any atom is 0.0678 e. The minimum atomic E-state index is 0.959. The lowest BCUT2D eigenvalue weighted by Crippen LogP contribution is -2.14. The summed E-state index contributed by atoms with van der Waals surface area (Å²) >= 11 is 0. The molecule has 0 bridgehead atoms. The van der Waals surface area contributed by atoms with E-state index in [-0.39, 0.29) is 0 Å². The fourth-order valence-electron chi connectivity index (χ4n) is 1.31. The van der Waals surface area contributed by atoms with E-state index in [1.165, 1.54) is 5.69 Å². The Labute approximate surface area is 66.2 Å². The molecule has 0 atom stereocenters. The van der Waals surface area contributed by atoms with Crippen LogP contribution in [0, 0.1) is 0 Å². The quantitative estimate of drug-likeness (QED) is 0.552. The van der Waals surface area contributed by atoms with Gasteiger partial charge in [-0.15, -0.1) is 0 Å². The molecule has 0 fully saturated rings. The first-order valence-corrected chi connectivity index (χ1v) is 3.71. The average molecular weight is 146 g/mol. The number of anilines is 1. The molecule has 1 aliphatic heterocycles. The first-order chi connectivity index (χ1) is 5.38. The van der Waals surface area contributed by atoms with Gasteiger partial charge in [-0.2, -0.15) is 0 Å². The van der Waals surface area contributed by atoms with E-state index in [0.29, 0.717) is 0 Å². The molecule has 0 N–H and O–H groups in total. The number of fused-ring (bicyclic) bond motifs is 1. The Morgan fingerprint density at radius 2 is 2.45 bits per heavy atom. The molecule has 11 heavy (non-hydrogen) atoms. The second-order valence-electron chi connectivity index (χ2n) is 2.67. The van der Waals surface area contributed by atoms with Crippen molar-refractivity contribution in [2.75, 3.05) is 11.9 Å². The third-order valence-corrected chi connectivity index (χ3v) is 1.89. The Morgan fingerprint density at radius 1 is 1.55 bits per heavy atom. The molecule has 0 aliphatic carbocycles. The van der Waals surface area contributed by atoms with E-state index in [1.807, 2.05) is 19.3 Å². The Balaban J connectivity index is 2.50. The van der Waals surface area contributed by atoms with Gasteiger partial charge in [0.2, 0.25) is 0 Å². The highest BCUT2D eigenvalue weighted by Gasteiger charge is 2.07. The first-order valence-electron chi connectivity index (χ1n) is 3.71. The van der Waals surface area contributed by atoms with Gasteiger partial charge >= 0.3 is 0 Å². The van der Waals surface area contributed by atoms with Crippen LogP contribution in [0.25, 0.3) is 0 Å². The van der Waals surface area contributed by atoms with Gasteiger partial charge in [-0.1, -0.05) is 6.08 Å². The van der Waals surface area contributed by atoms with Gasteiger partial charge in [0.1, 0.15) is 0 Å². The first kappa shape index (κ1) is 6.40. The standard InChI is InChI=1S/C9H10N2/c1-11-7-3-4-8-9(11)5-2-6-10-8/h2-3,5-7H,4H2,1H3. The van der Waals surface area contributed by atoms with Crippen molar-refractivity contribution in [3.63, 3.8) is 0 Å². The van der Waals surface area contributed by atoms with Crippen molar-refractivity contribution in [2.45, 2.75) is 6.42 Å². The van der Waals surface area contributed by atoms with Crippen LogP contribution in [-0.2, 0) is 6.42 Å². The van der Waals surface area contributed by atoms with Crippen LogP contribution in [0.4, 0.5) is 5.69 Å². The fraction of sp³-hybridized carbons (Fsp3) is 0.222. The summed E-state index contributed by atoms with van der Waals surface area (Å²) in [4.78, 5) is 6.37. The molecule has 0 saturated heterocycles. The minimum Gasteiger partial charge on any atom is -0.350 e. The van der Waals surface area contributed by atoms with Gasteiger partial charge in [0.05, 0.1) is 11.4 Å². The van der Waals surface area contributed by atoms with E-state index in [1.54, 1.807) is 0 Å². The molecular formula is C9H10N2. The van der Waals surface area contributed by atoms with Crippen LogP contribution in [0.3, 0.4) is 0 Å². The lowest BCUT2D eigenvalue weighted by Gasteiger charge is -2.20. The third kappa shape index (κ3) is 1.00. The highest BCUT2D eigenvalue weighted by Crippen LogP contribution is 2.21. The van der Waals surface area contributed by atoms with Crippen LogP contribution in [0.5, 0.6) is 0 Å². The van der Waals surface area contributed by atoms with Gasteiger partial charge in [-0.05, 0) is 12.1 Å². The molecule has 0 radical (unpaired) electrons. The smallest absolute Gasteiger partial charge is 0.0678 e. The maximum absolute atomic E-state index is 4.28. The van der Waals surface area contributed by atoms with Crippen LogP contribution < -0.4 is 4.90 Å². The van der Waals surface area contributed by atoms with Gasteiger partial charge in [-0.25, -0.2) is 0 Å². The van der Waals surface area contributed by atoms with Gasteiger partial charge in [0.15, 0.2) is 0 Å². The summed E-state index contributed by atoms with van der Waals surface area (Å²) in [7, 11) is 2.04. The van der Waals surface area contributed by atoms with Crippen molar-refractivity contribution >= 4 is 5.69 Å². The topological polar surface area (TPSA) is 16.1 Å². The minimum absolute atomic E-state index is 0.959. The van der Waals surface area contributed by atoms with E-state index in [4.69, 9.17) is 0 Å². The Kier molecular flexibility index (Phi) is 1.39. The highest BCUT2D eigenvalue weighted by atomic mass is 15.1. The molecular weight excluding hydrogens is 136 g/mol. The van der Waals surface area contributed by atoms with E-state index in [0.717, 1.165) is 12.1 Å². The summed E-state index contributed by atoms with van der Waals surface area (Å²) in [5.74, 6) is 0. The molecule has 2 nitrogen and oxygen atoms in total. The number of hydrogen-bond acceptors (Lipinski definition) is 2. The van der Waals surface area contributed by atoms with Crippen molar-refractivity contribution in [3.8, 4) is 0 Å². The van der Waals surface area contributed by atoms with Crippen molar-refractivity contribution in [1.29, 1.82) is 0 Å². The number of nitrogens with zero attached hydrogens (tertiary/aromatic N) is 2. The number of hydrogen-bond donors (Lipinski definition) is 0. The molecule has 1 aromatic rings. The molecule has 1 aliphatic rings. The summed E-state index contributed by atoms with van der Waals surface area (Å²) in [6, 6.07) is 4.06. The molecule has 0 saturated carbocycles. The Bertz CT molecular complexity index is 291. The number of aromatic nitrogens is 1. The van der Waals surface area contributed by atoms with Crippen LogP contribution >= 0.6 is 0 Å². The van der Waals surface area contributed by atoms with Crippen molar-refractivity contribution in [1.82, 2.24) is 4.98 Å². The van der Waals surface area contributed by atoms with Crippen LogP contribution in [0.1, 0.15) is 5.69 Å². The van der Waals surface area contributed by atoms with Gasteiger partial charge in [0.25, 0.3) is 0 Å². The fourth-order valence-corrected chi connectivity index (χ4v) is 1.31. The third-order valence-electron chi connectivity index (χ3n) is 1.89. The van der Waals surface area contributed by atoms with E-state index < -0.39 is 0 Å². The van der Waals surface area contributed by atoms with Crippen LogP contribution in [0.15, 0.2) is 30.6 Å². The van der Waals surface area contributed by atoms with Crippen molar-refractivity contribution in [2.24, 2.45) is 0 Å². The second-order valence-corrected chi connectivity index (χ2v) is 2.67. The predicted molar refractivity (Wildman–Crippen MR) is 45.5 cm³/mol. The zero-order valence-corrected chi connectivity index (χ0v) is 6.49. The summed E-state index contributed by atoms with van der Waals surface area (Å²) < 4.78 is 0. The van der Waals surface area contributed by atoms with Crippen LogP contribution in [0.2, 0.25) is 0 Å². The summed E-state index contributed by atoms with van der Waals surface area (Å²) in [5, 5.41) is 0. The lowest BCUT2D eigenvalue weighted by molar-refractivity contribution is 1.02. The zero-order valence-electron chi connectivity index (χ0n) is 6.49. The van der Waals surface area contributed by atoms with Gasteiger partial charge in [0, 0.05) is 25.9 Å². The molecule has 56 valence electrons. The van der Waals surface area contributed by atoms with E-state index >= 15 is 0 Å². The predicted octanol–water partition coefficient (Wildman–Crippen LogP) is 1.59. The summed E-state index contributed by atoms with van der Waals surface area (Å²) in [6.45, 7) is 0. The van der Waals surface area contributed by atoms with Gasteiger partial charge in [-0.3, -0.25) is 4.98 Å². The normalized spacial score (nSPS) is 14.8. The second kappa shape index (κ2) is 2.38. The Morgan fingerprint density at radius 3 is 3.27 bits per heavy atom.